The molecule has 0 aliphatic carbocycles. The molecule has 0 saturated carbocycles. The molecule has 0 bridgehead atoms. The van der Waals surface area contributed by atoms with Gasteiger partial charge in [-0.3, -0.25) is 9.59 Å². The largest absolute Gasteiger partial charge is 0.416 e. The second kappa shape index (κ2) is 7.75. The number of alkyl halides is 3. The van der Waals surface area contributed by atoms with Gasteiger partial charge in [0.1, 0.15) is 12.1 Å². The number of hydrogen-bond donors (Lipinski definition) is 2. The minimum absolute atomic E-state index is 0.113. The van der Waals surface area contributed by atoms with Gasteiger partial charge >= 0.3 is 12.2 Å². The van der Waals surface area contributed by atoms with Gasteiger partial charge in [-0.2, -0.15) is 13.2 Å². The van der Waals surface area contributed by atoms with Crippen molar-refractivity contribution in [3.8, 4) is 0 Å². The van der Waals surface area contributed by atoms with Crippen molar-refractivity contribution in [1.29, 1.82) is 0 Å². The summed E-state index contributed by atoms with van der Waals surface area (Å²) in [7, 11) is 0. The number of urea groups is 1. The Kier molecular flexibility index (Phi) is 5.52. The molecular weight excluding hydrogens is 411 g/mol. The van der Waals surface area contributed by atoms with Gasteiger partial charge < -0.3 is 10.6 Å². The predicted molar refractivity (Wildman–Crippen MR) is 99.1 cm³/mol. The van der Waals surface area contributed by atoms with Gasteiger partial charge in [0.2, 0.25) is 5.91 Å². The maximum Gasteiger partial charge on any atom is 0.416 e. The quantitative estimate of drug-likeness (QED) is 0.727. The number of hydrogen-bond acceptors (Lipinski definition) is 3. The molecule has 0 radical (unpaired) electrons. The number of imide groups is 1. The molecular formula is C19H15ClF3N3O3. The molecule has 2 unspecified atom stereocenters. The van der Waals surface area contributed by atoms with Crippen LogP contribution in [0.5, 0.6) is 0 Å². The highest BCUT2D eigenvalue weighted by molar-refractivity contribution is 6.33. The van der Waals surface area contributed by atoms with Crippen molar-refractivity contribution < 1.29 is 27.6 Å². The molecule has 1 fully saturated rings. The van der Waals surface area contributed by atoms with Crippen molar-refractivity contribution in [2.24, 2.45) is 0 Å². The van der Waals surface area contributed by atoms with Crippen molar-refractivity contribution in [1.82, 2.24) is 10.2 Å². The Morgan fingerprint density at radius 3 is 2.45 bits per heavy atom. The molecule has 1 saturated heterocycles. The van der Waals surface area contributed by atoms with Crippen LogP contribution in [0.1, 0.15) is 24.1 Å². The standard InChI is InChI=1S/C19H15ClF3N3O3/c1-10(16(27)24-14-9-12(19(21,22)23)7-8-13(14)20)26-17(28)15(25-18(26)29)11-5-3-2-4-6-11/h2-10,15H,1H3,(H,24,27)(H,25,29). The summed E-state index contributed by atoms with van der Waals surface area (Å²) in [6.07, 6.45) is -4.62. The fraction of sp³-hybridized carbons (Fsp3) is 0.211. The first kappa shape index (κ1) is 20.7. The van der Waals surface area contributed by atoms with E-state index < -0.39 is 41.7 Å². The monoisotopic (exact) mass is 425 g/mol. The summed E-state index contributed by atoms with van der Waals surface area (Å²) in [6.45, 7) is 1.29. The smallest absolute Gasteiger partial charge is 0.323 e. The van der Waals surface area contributed by atoms with Gasteiger partial charge in [-0.05, 0) is 30.7 Å². The second-order valence-corrected chi connectivity index (χ2v) is 6.77. The molecule has 2 aromatic rings. The third-order valence-electron chi connectivity index (χ3n) is 4.42. The van der Waals surface area contributed by atoms with Gasteiger partial charge in [-0.25, -0.2) is 9.69 Å². The topological polar surface area (TPSA) is 78.5 Å². The van der Waals surface area contributed by atoms with Crippen LogP contribution >= 0.6 is 11.6 Å². The van der Waals surface area contributed by atoms with Crippen molar-refractivity contribution in [3.63, 3.8) is 0 Å². The normalized spacial score (nSPS) is 17.8. The van der Waals surface area contributed by atoms with Crippen LogP contribution in [-0.2, 0) is 15.8 Å². The van der Waals surface area contributed by atoms with E-state index in [2.05, 4.69) is 10.6 Å². The second-order valence-electron chi connectivity index (χ2n) is 6.36. The Bertz CT molecular complexity index is 966. The summed E-state index contributed by atoms with van der Waals surface area (Å²) in [4.78, 5) is 38.2. The van der Waals surface area contributed by atoms with E-state index in [4.69, 9.17) is 11.6 Å². The maximum absolute atomic E-state index is 12.9. The molecule has 3 rings (SSSR count). The third kappa shape index (κ3) is 4.19. The summed E-state index contributed by atoms with van der Waals surface area (Å²) in [5.74, 6) is -1.50. The van der Waals surface area contributed by atoms with Crippen molar-refractivity contribution in [3.05, 3.63) is 64.7 Å². The molecule has 2 N–H and O–H groups in total. The maximum atomic E-state index is 12.9. The van der Waals surface area contributed by atoms with E-state index in [9.17, 15) is 27.6 Å². The third-order valence-corrected chi connectivity index (χ3v) is 4.75. The summed E-state index contributed by atoms with van der Waals surface area (Å²) >= 11 is 5.87. The van der Waals surface area contributed by atoms with Gasteiger partial charge in [0.25, 0.3) is 5.91 Å². The molecule has 10 heteroatoms. The molecule has 2 atom stereocenters. The number of carbonyl (C=O) groups is 3. The van der Waals surface area contributed by atoms with Gasteiger partial charge in [0.15, 0.2) is 0 Å². The van der Waals surface area contributed by atoms with Crippen LogP contribution in [0.4, 0.5) is 23.7 Å². The predicted octanol–water partition coefficient (Wildman–Crippen LogP) is 3.98. The fourth-order valence-corrected chi connectivity index (χ4v) is 3.05. The lowest BCUT2D eigenvalue weighted by molar-refractivity contribution is -0.137. The molecule has 1 aliphatic rings. The van der Waals surface area contributed by atoms with Crippen LogP contribution < -0.4 is 10.6 Å². The molecule has 1 heterocycles. The Hall–Kier alpha value is -3.07. The highest BCUT2D eigenvalue weighted by Gasteiger charge is 2.43. The minimum Gasteiger partial charge on any atom is -0.323 e. The summed E-state index contributed by atoms with van der Waals surface area (Å²) in [5, 5.41) is 4.63. The van der Waals surface area contributed by atoms with Gasteiger partial charge in [-0.15, -0.1) is 0 Å². The van der Waals surface area contributed by atoms with E-state index in [1.807, 2.05) is 0 Å². The number of rotatable bonds is 4. The first-order valence-electron chi connectivity index (χ1n) is 8.45. The van der Waals surface area contributed by atoms with Crippen LogP contribution in [0.3, 0.4) is 0 Å². The molecule has 29 heavy (non-hydrogen) atoms. The fourth-order valence-electron chi connectivity index (χ4n) is 2.88. The first-order chi connectivity index (χ1) is 13.6. The number of carbonyl (C=O) groups excluding carboxylic acids is 3. The lowest BCUT2D eigenvalue weighted by Crippen LogP contribution is -2.45. The molecule has 0 spiro atoms. The summed E-state index contributed by atoms with van der Waals surface area (Å²) in [6, 6.07) is 7.92. The number of nitrogens with zero attached hydrogens (tertiary/aromatic N) is 1. The Balaban J connectivity index is 1.79. The van der Waals surface area contributed by atoms with Gasteiger partial charge in [0, 0.05) is 0 Å². The molecule has 152 valence electrons. The van der Waals surface area contributed by atoms with E-state index in [0.29, 0.717) is 11.6 Å². The Morgan fingerprint density at radius 1 is 1.17 bits per heavy atom. The highest BCUT2D eigenvalue weighted by atomic mass is 35.5. The van der Waals surface area contributed by atoms with Crippen molar-refractivity contribution in [2.45, 2.75) is 25.2 Å². The average molecular weight is 426 g/mol. The van der Waals surface area contributed by atoms with Crippen LogP contribution in [0.25, 0.3) is 0 Å². The van der Waals surface area contributed by atoms with Crippen molar-refractivity contribution in [2.75, 3.05) is 5.32 Å². The van der Waals surface area contributed by atoms with Crippen LogP contribution in [0, 0.1) is 0 Å². The van der Waals surface area contributed by atoms with Crippen LogP contribution in [0.15, 0.2) is 48.5 Å². The first-order valence-corrected chi connectivity index (χ1v) is 8.83. The molecule has 0 aromatic heterocycles. The molecule has 6 nitrogen and oxygen atoms in total. The zero-order valence-electron chi connectivity index (χ0n) is 15.0. The van der Waals surface area contributed by atoms with E-state index in [0.717, 1.165) is 17.0 Å². The van der Waals surface area contributed by atoms with Gasteiger partial charge in [-0.1, -0.05) is 41.9 Å². The van der Waals surface area contributed by atoms with E-state index in [-0.39, 0.29) is 10.7 Å². The highest BCUT2D eigenvalue weighted by Crippen LogP contribution is 2.34. The SMILES string of the molecule is CC(C(=O)Nc1cc(C(F)(F)F)ccc1Cl)N1C(=O)NC(c2ccccc2)C1=O. The number of amides is 4. The van der Waals surface area contributed by atoms with Crippen LogP contribution in [0.2, 0.25) is 5.02 Å². The zero-order chi connectivity index (χ0) is 21.3. The lowest BCUT2D eigenvalue weighted by Gasteiger charge is -2.21. The Morgan fingerprint density at radius 2 is 1.83 bits per heavy atom. The van der Waals surface area contributed by atoms with Crippen LogP contribution in [-0.4, -0.2) is 28.8 Å². The minimum atomic E-state index is -4.62. The summed E-state index contributed by atoms with van der Waals surface area (Å²) < 4.78 is 38.7. The number of nitrogens with one attached hydrogen (secondary N) is 2. The number of benzene rings is 2. The Labute approximate surface area is 168 Å². The average Bonchev–Trinajstić information content (AvgIpc) is 2.97. The zero-order valence-corrected chi connectivity index (χ0v) is 15.7. The lowest BCUT2D eigenvalue weighted by atomic mass is 10.1. The van der Waals surface area contributed by atoms with E-state index in [1.54, 1.807) is 30.3 Å². The van der Waals surface area contributed by atoms with Crippen molar-refractivity contribution >= 4 is 35.1 Å². The van der Waals surface area contributed by atoms with E-state index in [1.165, 1.54) is 6.92 Å². The molecule has 1 aliphatic heterocycles. The van der Waals surface area contributed by atoms with E-state index >= 15 is 0 Å². The molecule has 2 aromatic carbocycles. The number of halogens is 4. The summed E-state index contributed by atoms with van der Waals surface area (Å²) in [5.41, 5.74) is -0.726. The number of anilines is 1. The van der Waals surface area contributed by atoms with Gasteiger partial charge in [0.05, 0.1) is 16.3 Å². The molecule has 4 amide bonds.